The lowest BCUT2D eigenvalue weighted by molar-refractivity contribution is -0.114. The molecule has 0 unspecified atom stereocenters. The summed E-state index contributed by atoms with van der Waals surface area (Å²) >= 11 is 0. The van der Waals surface area contributed by atoms with Crippen molar-refractivity contribution in [3.8, 4) is 22.6 Å². The number of methoxy groups -OCH3 is 1. The smallest absolute Gasteiger partial charge is 0.266 e. The number of hydrogen-bond donors (Lipinski definition) is 5. The number of carbonyl (C=O) groups excluding carboxylic acids is 2. The van der Waals surface area contributed by atoms with Crippen molar-refractivity contribution in [1.29, 1.82) is 0 Å². The van der Waals surface area contributed by atoms with E-state index in [1.807, 2.05) is 42.6 Å². The van der Waals surface area contributed by atoms with Gasteiger partial charge in [-0.2, -0.15) is 5.10 Å². The number of ether oxygens (including phenoxy) is 1. The number of carbonyl (C=O) groups is 2. The summed E-state index contributed by atoms with van der Waals surface area (Å²) < 4.78 is 7.39. The van der Waals surface area contributed by atoms with Gasteiger partial charge in [-0.25, -0.2) is 4.68 Å². The summed E-state index contributed by atoms with van der Waals surface area (Å²) in [4.78, 5) is 22.3. The fraction of sp³-hybridized carbons (Fsp3) is 0.0455. The fourth-order valence-corrected chi connectivity index (χ4v) is 2.99. The second-order valence-electron chi connectivity index (χ2n) is 6.57. The van der Waals surface area contributed by atoms with Gasteiger partial charge in [0.25, 0.3) is 5.91 Å². The molecule has 10 heteroatoms. The van der Waals surface area contributed by atoms with E-state index in [0.717, 1.165) is 16.8 Å². The summed E-state index contributed by atoms with van der Waals surface area (Å²) in [5.74, 6) is -0.418. The van der Waals surface area contributed by atoms with Crippen molar-refractivity contribution < 1.29 is 14.3 Å². The highest BCUT2D eigenvalue weighted by atomic mass is 16.5. The van der Waals surface area contributed by atoms with Gasteiger partial charge in [0, 0.05) is 23.4 Å². The van der Waals surface area contributed by atoms with E-state index in [1.165, 1.54) is 13.2 Å². The molecule has 0 aliphatic rings. The fourth-order valence-electron chi connectivity index (χ4n) is 2.99. The van der Waals surface area contributed by atoms with E-state index in [4.69, 9.17) is 21.9 Å². The van der Waals surface area contributed by atoms with Crippen LogP contribution in [0.25, 0.3) is 16.8 Å². The van der Waals surface area contributed by atoms with Gasteiger partial charge in [0.2, 0.25) is 6.41 Å². The number of primary amides is 1. The zero-order chi connectivity index (χ0) is 23.1. The van der Waals surface area contributed by atoms with E-state index in [9.17, 15) is 9.59 Å². The Balaban J connectivity index is 2.02. The molecular weight excluding hydrogens is 410 g/mol. The van der Waals surface area contributed by atoms with Crippen LogP contribution in [0.15, 0.2) is 84.2 Å². The molecule has 0 spiro atoms. The second-order valence-corrected chi connectivity index (χ2v) is 6.57. The van der Waals surface area contributed by atoms with E-state index >= 15 is 0 Å². The molecule has 10 nitrogen and oxygen atoms in total. The van der Waals surface area contributed by atoms with Gasteiger partial charge in [0.05, 0.1) is 30.4 Å². The molecule has 2 aromatic carbocycles. The maximum atomic E-state index is 11.6. The van der Waals surface area contributed by atoms with Crippen molar-refractivity contribution in [3.05, 3.63) is 84.2 Å². The molecule has 3 aromatic rings. The average molecular weight is 433 g/mol. The Morgan fingerprint density at radius 2 is 1.84 bits per heavy atom. The summed E-state index contributed by atoms with van der Waals surface area (Å²) in [6.45, 7) is 0. The SMILES string of the molecule is COc1c(NC(/C=C(\N)NC=O)=C(/N)C(N)=O)cccc1-c1cnn(-c2ccccc2)c1. The van der Waals surface area contributed by atoms with Crippen LogP contribution in [0.2, 0.25) is 0 Å². The largest absolute Gasteiger partial charge is 0.494 e. The summed E-state index contributed by atoms with van der Waals surface area (Å²) in [6.07, 6.45) is 5.27. The van der Waals surface area contributed by atoms with E-state index < -0.39 is 5.91 Å². The maximum Gasteiger partial charge on any atom is 0.266 e. The van der Waals surface area contributed by atoms with Crippen molar-refractivity contribution in [2.24, 2.45) is 17.2 Å². The van der Waals surface area contributed by atoms with Crippen molar-refractivity contribution >= 4 is 18.0 Å². The Labute approximate surface area is 184 Å². The first-order valence-electron chi connectivity index (χ1n) is 9.46. The van der Waals surface area contributed by atoms with E-state index in [1.54, 1.807) is 23.0 Å². The van der Waals surface area contributed by atoms with E-state index in [2.05, 4.69) is 15.7 Å². The number of rotatable bonds is 9. The molecule has 3 rings (SSSR count). The zero-order valence-corrected chi connectivity index (χ0v) is 17.3. The van der Waals surface area contributed by atoms with Crippen LogP contribution < -0.4 is 32.6 Å². The first kappa shape index (κ1) is 22.0. The minimum Gasteiger partial charge on any atom is -0.494 e. The molecule has 0 saturated heterocycles. The molecule has 32 heavy (non-hydrogen) atoms. The standard InChI is InChI=1S/C22H23N7O3/c1-32-21-16(14-11-27-29(12-14)15-6-3-2-4-7-15)8-5-9-17(21)28-18(20(24)22(25)31)10-19(23)26-13-30/h2-13,28H,23-24H2,1H3,(H2,25,31)(H,26,30)/b19-10+,20-18+. The lowest BCUT2D eigenvalue weighted by Crippen LogP contribution is -2.25. The molecule has 164 valence electrons. The second kappa shape index (κ2) is 9.85. The van der Waals surface area contributed by atoms with Gasteiger partial charge in [0.15, 0.2) is 0 Å². The van der Waals surface area contributed by atoms with Crippen LogP contribution in [0.1, 0.15) is 0 Å². The van der Waals surface area contributed by atoms with Crippen molar-refractivity contribution in [2.75, 3.05) is 12.4 Å². The van der Waals surface area contributed by atoms with Crippen LogP contribution in [0.5, 0.6) is 5.75 Å². The number of amides is 2. The molecule has 0 aliphatic heterocycles. The highest BCUT2D eigenvalue weighted by molar-refractivity contribution is 5.93. The number of benzene rings is 2. The first-order valence-corrected chi connectivity index (χ1v) is 9.46. The van der Waals surface area contributed by atoms with Gasteiger partial charge in [-0.05, 0) is 18.2 Å². The summed E-state index contributed by atoms with van der Waals surface area (Å²) in [6, 6.07) is 15.1. The molecule has 0 saturated carbocycles. The molecule has 1 heterocycles. The lowest BCUT2D eigenvalue weighted by atomic mass is 10.1. The number of aromatic nitrogens is 2. The summed E-state index contributed by atoms with van der Waals surface area (Å²) in [7, 11) is 1.52. The van der Waals surface area contributed by atoms with Crippen LogP contribution in [-0.4, -0.2) is 29.2 Å². The van der Waals surface area contributed by atoms with E-state index in [-0.39, 0.29) is 17.2 Å². The summed E-state index contributed by atoms with van der Waals surface area (Å²) in [5, 5.41) is 9.70. The molecule has 0 aliphatic carbocycles. The maximum absolute atomic E-state index is 11.6. The number of para-hydroxylation sites is 2. The predicted octanol–water partition coefficient (Wildman–Crippen LogP) is 1.16. The third-order valence-electron chi connectivity index (χ3n) is 4.48. The first-order chi connectivity index (χ1) is 15.4. The van der Waals surface area contributed by atoms with Crippen LogP contribution in [0.4, 0.5) is 5.69 Å². The molecule has 0 radical (unpaired) electrons. The number of hydrogen-bond acceptors (Lipinski definition) is 7. The van der Waals surface area contributed by atoms with Gasteiger partial charge in [-0.15, -0.1) is 0 Å². The number of nitrogens with one attached hydrogen (secondary N) is 2. The molecule has 1 aromatic heterocycles. The van der Waals surface area contributed by atoms with Crippen LogP contribution in [0, 0.1) is 0 Å². The number of allylic oxidation sites excluding steroid dienone is 1. The lowest BCUT2D eigenvalue weighted by Gasteiger charge is -2.16. The zero-order valence-electron chi connectivity index (χ0n) is 17.3. The Bertz CT molecular complexity index is 1180. The average Bonchev–Trinajstić information content (AvgIpc) is 3.29. The molecule has 2 amide bonds. The van der Waals surface area contributed by atoms with Gasteiger partial charge in [0.1, 0.15) is 17.3 Å². The van der Waals surface area contributed by atoms with Crippen LogP contribution in [-0.2, 0) is 9.59 Å². The molecule has 0 bridgehead atoms. The molecule has 0 fully saturated rings. The highest BCUT2D eigenvalue weighted by Crippen LogP contribution is 2.37. The molecule has 0 atom stereocenters. The van der Waals surface area contributed by atoms with Gasteiger partial charge < -0.3 is 32.6 Å². The third-order valence-corrected chi connectivity index (χ3v) is 4.48. The molecule has 8 N–H and O–H groups in total. The van der Waals surface area contributed by atoms with Crippen molar-refractivity contribution in [3.63, 3.8) is 0 Å². The Morgan fingerprint density at radius 3 is 2.50 bits per heavy atom. The predicted molar refractivity (Wildman–Crippen MR) is 121 cm³/mol. The quantitative estimate of drug-likeness (QED) is 0.192. The van der Waals surface area contributed by atoms with Crippen LogP contribution >= 0.6 is 0 Å². The van der Waals surface area contributed by atoms with Gasteiger partial charge in [-0.3, -0.25) is 9.59 Å². The Hall–Kier alpha value is -4.73. The third kappa shape index (κ3) is 4.87. The Kier molecular flexibility index (Phi) is 6.76. The monoisotopic (exact) mass is 433 g/mol. The minimum atomic E-state index is -0.859. The van der Waals surface area contributed by atoms with Crippen LogP contribution in [0.3, 0.4) is 0 Å². The van der Waals surface area contributed by atoms with Gasteiger partial charge in [-0.1, -0.05) is 30.3 Å². The number of nitrogens with two attached hydrogens (primary N) is 3. The normalized spacial score (nSPS) is 12.0. The minimum absolute atomic E-state index is 0.0361. The van der Waals surface area contributed by atoms with Crippen molar-refractivity contribution in [1.82, 2.24) is 15.1 Å². The highest BCUT2D eigenvalue weighted by Gasteiger charge is 2.16. The van der Waals surface area contributed by atoms with E-state index in [0.29, 0.717) is 17.8 Å². The topological polar surface area (TPSA) is 163 Å². The van der Waals surface area contributed by atoms with Gasteiger partial charge >= 0.3 is 0 Å². The molecular formula is C22H23N7O3. The Morgan fingerprint density at radius 1 is 1.09 bits per heavy atom. The van der Waals surface area contributed by atoms with Crippen molar-refractivity contribution in [2.45, 2.75) is 0 Å². The number of anilines is 1. The summed E-state index contributed by atoms with van der Waals surface area (Å²) in [5.41, 5.74) is 19.7. The number of nitrogens with zero attached hydrogens (tertiary/aromatic N) is 2.